The maximum atomic E-state index is 12.5. The predicted octanol–water partition coefficient (Wildman–Crippen LogP) is 1.07. The second-order valence-corrected chi connectivity index (χ2v) is 8.93. The van der Waals surface area contributed by atoms with E-state index in [1.54, 1.807) is 17.1 Å². The summed E-state index contributed by atoms with van der Waals surface area (Å²) in [5.74, 6) is -0.514. The summed E-state index contributed by atoms with van der Waals surface area (Å²) in [6.45, 7) is 6.17. The lowest BCUT2D eigenvalue weighted by atomic mass is 9.99. The summed E-state index contributed by atoms with van der Waals surface area (Å²) in [7, 11) is -3.27. The number of carbonyl (C=O) groups excluding carboxylic acids is 1. The first-order chi connectivity index (χ1) is 12.8. The van der Waals surface area contributed by atoms with Gasteiger partial charge in [0.2, 0.25) is 15.9 Å². The minimum atomic E-state index is -3.27. The molecule has 1 amide bonds. The molecular formula is C17H26N6O3S. The number of carbonyl (C=O) groups is 1. The lowest BCUT2D eigenvalue weighted by molar-refractivity contribution is -0.120. The summed E-state index contributed by atoms with van der Waals surface area (Å²) in [6, 6.07) is 0. The van der Waals surface area contributed by atoms with Crippen molar-refractivity contribution in [1.82, 2.24) is 23.9 Å². The number of rotatable bonds is 6. The van der Waals surface area contributed by atoms with E-state index in [0.717, 1.165) is 17.8 Å². The quantitative estimate of drug-likeness (QED) is 0.789. The van der Waals surface area contributed by atoms with Crippen molar-refractivity contribution in [3.63, 3.8) is 0 Å². The second kappa shape index (κ2) is 7.81. The summed E-state index contributed by atoms with van der Waals surface area (Å²) in [5.41, 5.74) is 2.78. The largest absolute Gasteiger partial charge is 0.323 e. The van der Waals surface area contributed by atoms with Crippen LogP contribution in [0.3, 0.4) is 0 Å². The molecular weight excluding hydrogens is 368 g/mol. The summed E-state index contributed by atoms with van der Waals surface area (Å²) in [6.07, 6.45) is 7.76. The van der Waals surface area contributed by atoms with E-state index in [1.165, 1.54) is 10.6 Å². The van der Waals surface area contributed by atoms with Gasteiger partial charge >= 0.3 is 0 Å². The van der Waals surface area contributed by atoms with Crippen LogP contribution in [0, 0.1) is 12.8 Å². The third-order valence-electron chi connectivity index (χ3n) is 4.96. The van der Waals surface area contributed by atoms with Gasteiger partial charge in [-0.1, -0.05) is 0 Å². The number of piperidine rings is 1. The zero-order valence-electron chi connectivity index (χ0n) is 15.9. The topological polar surface area (TPSA) is 102 Å². The number of hydrogen-bond donors (Lipinski definition) is 1. The standard InChI is InChI=1S/C17H26N6O3S/c1-4-23-13(2)15(8-19-23)10-21-12-16(9-18-21)20-17(24)14-6-5-7-22(11-14)27(3,25)26/h8-9,12,14H,4-7,10-11H2,1-3H3,(H,20,24)/t14-/m0/s1. The summed E-state index contributed by atoms with van der Waals surface area (Å²) >= 11 is 0. The van der Waals surface area contributed by atoms with E-state index < -0.39 is 10.0 Å². The zero-order chi connectivity index (χ0) is 19.6. The van der Waals surface area contributed by atoms with Gasteiger partial charge in [0.25, 0.3) is 0 Å². The normalized spacial score (nSPS) is 18.6. The Kier molecular flexibility index (Phi) is 5.66. The highest BCUT2D eigenvalue weighted by atomic mass is 32.2. The molecule has 0 unspecified atom stereocenters. The van der Waals surface area contributed by atoms with Crippen molar-refractivity contribution in [3.05, 3.63) is 29.8 Å². The van der Waals surface area contributed by atoms with Crippen LogP contribution in [0.25, 0.3) is 0 Å². The highest BCUT2D eigenvalue weighted by Crippen LogP contribution is 2.20. The number of aromatic nitrogens is 4. The van der Waals surface area contributed by atoms with Crippen LogP contribution in [0.5, 0.6) is 0 Å². The highest BCUT2D eigenvalue weighted by molar-refractivity contribution is 7.88. The van der Waals surface area contributed by atoms with Gasteiger partial charge < -0.3 is 5.32 Å². The highest BCUT2D eigenvalue weighted by Gasteiger charge is 2.30. The fourth-order valence-corrected chi connectivity index (χ4v) is 4.26. The Morgan fingerprint density at radius 1 is 1.33 bits per heavy atom. The molecule has 27 heavy (non-hydrogen) atoms. The minimum absolute atomic E-state index is 0.169. The van der Waals surface area contributed by atoms with E-state index in [0.29, 0.717) is 31.6 Å². The number of aryl methyl sites for hydroxylation is 1. The molecule has 0 spiro atoms. The number of sulfonamides is 1. The van der Waals surface area contributed by atoms with E-state index in [-0.39, 0.29) is 18.4 Å². The van der Waals surface area contributed by atoms with Crippen LogP contribution in [0.15, 0.2) is 18.6 Å². The zero-order valence-corrected chi connectivity index (χ0v) is 16.7. The van der Waals surface area contributed by atoms with Gasteiger partial charge in [-0.25, -0.2) is 12.7 Å². The van der Waals surface area contributed by atoms with E-state index >= 15 is 0 Å². The molecule has 1 saturated heterocycles. The van der Waals surface area contributed by atoms with Crippen molar-refractivity contribution >= 4 is 21.6 Å². The maximum Gasteiger partial charge on any atom is 0.228 e. The molecule has 2 aromatic heterocycles. The third-order valence-corrected chi connectivity index (χ3v) is 6.23. The monoisotopic (exact) mass is 394 g/mol. The molecule has 0 saturated carbocycles. The Hall–Kier alpha value is -2.20. The molecule has 3 heterocycles. The fraction of sp³-hybridized carbons (Fsp3) is 0.588. The molecule has 1 N–H and O–H groups in total. The van der Waals surface area contributed by atoms with E-state index in [2.05, 4.69) is 15.5 Å². The molecule has 1 atom stereocenters. The van der Waals surface area contributed by atoms with Crippen LogP contribution in [-0.2, 0) is 27.9 Å². The molecule has 9 nitrogen and oxygen atoms in total. The van der Waals surface area contributed by atoms with Crippen molar-refractivity contribution in [1.29, 1.82) is 0 Å². The summed E-state index contributed by atoms with van der Waals surface area (Å²) in [5, 5.41) is 11.5. The SMILES string of the molecule is CCn1ncc(Cn2cc(NC(=O)[C@H]3CCCN(S(C)(=O)=O)C3)cn2)c1C. The van der Waals surface area contributed by atoms with Crippen LogP contribution in [0.4, 0.5) is 5.69 Å². The van der Waals surface area contributed by atoms with Crippen LogP contribution >= 0.6 is 0 Å². The predicted molar refractivity (Wildman–Crippen MR) is 102 cm³/mol. The maximum absolute atomic E-state index is 12.5. The molecule has 148 valence electrons. The van der Waals surface area contributed by atoms with Crippen LogP contribution < -0.4 is 5.32 Å². The number of nitrogens with zero attached hydrogens (tertiary/aromatic N) is 5. The van der Waals surface area contributed by atoms with Gasteiger partial charge in [-0.2, -0.15) is 10.2 Å². The van der Waals surface area contributed by atoms with Crippen molar-refractivity contribution < 1.29 is 13.2 Å². The Morgan fingerprint density at radius 2 is 2.11 bits per heavy atom. The first-order valence-corrected chi connectivity index (χ1v) is 10.9. The lowest BCUT2D eigenvalue weighted by Crippen LogP contribution is -2.43. The van der Waals surface area contributed by atoms with Crippen LogP contribution in [-0.4, -0.2) is 57.5 Å². The molecule has 0 aromatic carbocycles. The van der Waals surface area contributed by atoms with Crippen molar-refractivity contribution in [3.8, 4) is 0 Å². The Labute approximate surface area is 159 Å². The van der Waals surface area contributed by atoms with Gasteiger partial charge in [-0.3, -0.25) is 14.2 Å². The molecule has 10 heteroatoms. The van der Waals surface area contributed by atoms with Crippen molar-refractivity contribution in [2.45, 2.75) is 39.8 Å². The molecule has 0 aliphatic carbocycles. The van der Waals surface area contributed by atoms with E-state index in [1.807, 2.05) is 24.7 Å². The van der Waals surface area contributed by atoms with Crippen molar-refractivity contribution in [2.24, 2.45) is 5.92 Å². The molecule has 2 aromatic rings. The number of anilines is 1. The van der Waals surface area contributed by atoms with Crippen LogP contribution in [0.1, 0.15) is 31.0 Å². The molecule has 1 aliphatic heterocycles. The summed E-state index contributed by atoms with van der Waals surface area (Å²) in [4.78, 5) is 12.5. The van der Waals surface area contributed by atoms with Gasteiger partial charge in [0.1, 0.15) is 0 Å². The van der Waals surface area contributed by atoms with E-state index in [4.69, 9.17) is 0 Å². The van der Waals surface area contributed by atoms with Gasteiger partial charge in [0.15, 0.2) is 0 Å². The number of nitrogens with one attached hydrogen (secondary N) is 1. The Balaban J connectivity index is 1.61. The van der Waals surface area contributed by atoms with Crippen LogP contribution in [0.2, 0.25) is 0 Å². The fourth-order valence-electron chi connectivity index (χ4n) is 3.35. The average Bonchev–Trinajstić information content (AvgIpc) is 3.21. The molecule has 1 aliphatic rings. The van der Waals surface area contributed by atoms with Gasteiger partial charge in [-0.15, -0.1) is 0 Å². The molecule has 0 bridgehead atoms. The van der Waals surface area contributed by atoms with Gasteiger partial charge in [0.05, 0.1) is 36.8 Å². The van der Waals surface area contributed by atoms with Gasteiger partial charge in [0, 0.05) is 37.1 Å². The Morgan fingerprint density at radius 3 is 2.78 bits per heavy atom. The van der Waals surface area contributed by atoms with E-state index in [9.17, 15) is 13.2 Å². The molecule has 3 rings (SSSR count). The average molecular weight is 395 g/mol. The number of amides is 1. The minimum Gasteiger partial charge on any atom is -0.323 e. The summed E-state index contributed by atoms with van der Waals surface area (Å²) < 4.78 is 28.5. The second-order valence-electron chi connectivity index (χ2n) is 6.95. The first-order valence-electron chi connectivity index (χ1n) is 9.07. The molecule has 1 fully saturated rings. The smallest absolute Gasteiger partial charge is 0.228 e. The Bertz CT molecular complexity index is 917. The first kappa shape index (κ1) is 19.6. The third kappa shape index (κ3) is 4.56. The van der Waals surface area contributed by atoms with Gasteiger partial charge in [-0.05, 0) is 26.7 Å². The lowest BCUT2D eigenvalue weighted by Gasteiger charge is -2.29. The van der Waals surface area contributed by atoms with Crippen molar-refractivity contribution in [2.75, 3.05) is 24.7 Å². The number of hydrogen-bond acceptors (Lipinski definition) is 5. The molecule has 0 radical (unpaired) electrons.